The molecule has 1 heterocycles. The molecule has 0 radical (unpaired) electrons. The monoisotopic (exact) mass is 352 g/mol. The van der Waals surface area contributed by atoms with Crippen molar-refractivity contribution in [3.8, 4) is 0 Å². The van der Waals surface area contributed by atoms with Gasteiger partial charge in [-0.15, -0.1) is 11.3 Å². The molecule has 0 fully saturated rings. The quantitative estimate of drug-likeness (QED) is 0.573. The minimum absolute atomic E-state index is 0.0348. The number of ether oxygens (including phenoxy) is 1. The van der Waals surface area contributed by atoms with Crippen LogP contribution in [-0.2, 0) is 14.3 Å². The van der Waals surface area contributed by atoms with Gasteiger partial charge in [-0.2, -0.15) is 0 Å². The van der Waals surface area contributed by atoms with Gasteiger partial charge in [-0.1, -0.05) is 25.1 Å². The highest BCUT2D eigenvalue weighted by Gasteiger charge is 2.09. The van der Waals surface area contributed by atoms with Crippen molar-refractivity contribution in [1.82, 2.24) is 4.98 Å². The normalized spacial score (nSPS) is 10.7. The van der Waals surface area contributed by atoms with Crippen LogP contribution in [0, 0.1) is 0 Å². The summed E-state index contributed by atoms with van der Waals surface area (Å²) in [4.78, 5) is 27.6. The summed E-state index contributed by atoms with van der Waals surface area (Å²) in [6, 6.07) is 5.66. The van der Waals surface area contributed by atoms with Crippen molar-refractivity contribution in [3.63, 3.8) is 0 Å². The predicted octanol–water partition coefficient (Wildman–Crippen LogP) is 4.08. The number of nitrogens with zero attached hydrogens (tertiary/aromatic N) is 1. The summed E-state index contributed by atoms with van der Waals surface area (Å²) in [5.74, 6) is 0.0575. The van der Waals surface area contributed by atoms with Gasteiger partial charge in [-0.05, 0) is 31.5 Å². The van der Waals surface area contributed by atoms with Gasteiger partial charge < -0.3 is 10.1 Å². The van der Waals surface area contributed by atoms with E-state index in [4.69, 9.17) is 4.74 Å². The number of hydrogen-bond acceptors (Lipinski definition) is 6. The van der Waals surface area contributed by atoms with Crippen LogP contribution >= 0.6 is 23.1 Å². The summed E-state index contributed by atoms with van der Waals surface area (Å²) in [6.07, 6.45) is 2.43. The Labute approximate surface area is 143 Å². The third-order valence-corrected chi connectivity index (χ3v) is 5.16. The number of rotatable bonds is 8. The van der Waals surface area contributed by atoms with Crippen LogP contribution in [0.25, 0.3) is 10.2 Å². The number of benzene rings is 1. The number of aromatic nitrogens is 1. The lowest BCUT2D eigenvalue weighted by molar-refractivity contribution is -0.139. The number of carbonyl (C=O) groups excluding carboxylic acids is 2. The molecule has 124 valence electrons. The first kappa shape index (κ1) is 17.7. The number of unbranched alkanes of at least 4 members (excludes halogenated alkanes) is 1. The van der Waals surface area contributed by atoms with Crippen molar-refractivity contribution < 1.29 is 14.3 Å². The molecule has 1 N–H and O–H groups in total. The van der Waals surface area contributed by atoms with Crippen molar-refractivity contribution in [2.75, 3.05) is 17.7 Å². The van der Waals surface area contributed by atoms with Gasteiger partial charge in [0.25, 0.3) is 0 Å². The topological polar surface area (TPSA) is 68.3 Å². The molecule has 1 aromatic carbocycles. The lowest BCUT2D eigenvalue weighted by Gasteiger charge is -2.04. The average molecular weight is 352 g/mol. The molecule has 0 atom stereocenters. The number of esters is 1. The van der Waals surface area contributed by atoms with Crippen LogP contribution in [0.2, 0.25) is 0 Å². The molecule has 0 aliphatic carbocycles. The molecular weight excluding hydrogens is 332 g/mol. The van der Waals surface area contributed by atoms with Crippen LogP contribution < -0.4 is 5.32 Å². The van der Waals surface area contributed by atoms with Crippen LogP contribution in [0.3, 0.4) is 0 Å². The number of thiazole rings is 1. The molecule has 0 saturated carbocycles. The zero-order valence-corrected chi connectivity index (χ0v) is 14.9. The predicted molar refractivity (Wildman–Crippen MR) is 95.1 cm³/mol. The van der Waals surface area contributed by atoms with Crippen LogP contribution in [0.5, 0.6) is 0 Å². The molecular formula is C16H20N2O3S2. The van der Waals surface area contributed by atoms with Crippen molar-refractivity contribution in [2.24, 2.45) is 0 Å². The molecule has 2 aromatic rings. The van der Waals surface area contributed by atoms with Crippen LogP contribution in [0.15, 0.2) is 22.5 Å². The van der Waals surface area contributed by atoms with Gasteiger partial charge in [0.15, 0.2) is 4.34 Å². The van der Waals surface area contributed by atoms with Gasteiger partial charge in [0.2, 0.25) is 5.91 Å². The highest BCUT2D eigenvalue weighted by molar-refractivity contribution is 8.01. The lowest BCUT2D eigenvalue weighted by atomic mass is 10.2. The molecule has 2 rings (SSSR count). The molecule has 0 aliphatic rings. The van der Waals surface area contributed by atoms with Gasteiger partial charge in [-0.25, -0.2) is 4.98 Å². The Hall–Kier alpha value is -1.60. The Morgan fingerprint density at radius 1 is 1.35 bits per heavy atom. The lowest BCUT2D eigenvalue weighted by Crippen LogP contribution is -2.10. The first-order chi connectivity index (χ1) is 11.1. The van der Waals surface area contributed by atoms with E-state index in [0.29, 0.717) is 13.0 Å². The first-order valence-corrected chi connectivity index (χ1v) is 9.41. The number of fused-ring (bicyclic) bond motifs is 1. The smallest absolute Gasteiger partial charge is 0.316 e. The van der Waals surface area contributed by atoms with Crippen molar-refractivity contribution in [2.45, 2.75) is 37.4 Å². The maximum absolute atomic E-state index is 11.8. The van der Waals surface area contributed by atoms with Gasteiger partial charge in [0, 0.05) is 12.1 Å². The summed E-state index contributed by atoms with van der Waals surface area (Å²) in [6.45, 7) is 4.24. The number of carbonyl (C=O) groups is 2. The molecule has 0 saturated heterocycles. The van der Waals surface area contributed by atoms with E-state index in [1.807, 2.05) is 18.2 Å². The second-order valence-electron chi connectivity index (χ2n) is 4.91. The summed E-state index contributed by atoms with van der Waals surface area (Å²) < 4.78 is 6.71. The second-order valence-corrected chi connectivity index (χ2v) is 7.16. The second kappa shape index (κ2) is 8.88. The number of hydrogen-bond donors (Lipinski definition) is 1. The van der Waals surface area contributed by atoms with E-state index in [2.05, 4.69) is 17.2 Å². The zero-order valence-electron chi connectivity index (χ0n) is 13.3. The third-order valence-electron chi connectivity index (χ3n) is 3.03. The van der Waals surface area contributed by atoms with Gasteiger partial charge >= 0.3 is 5.97 Å². The maximum atomic E-state index is 11.8. The van der Waals surface area contributed by atoms with Crippen LogP contribution in [-0.4, -0.2) is 29.2 Å². The van der Waals surface area contributed by atoms with E-state index in [9.17, 15) is 9.59 Å². The van der Waals surface area contributed by atoms with E-state index in [1.54, 1.807) is 6.92 Å². The van der Waals surface area contributed by atoms with E-state index in [1.165, 1.54) is 23.1 Å². The number of thioether (sulfide) groups is 1. The zero-order chi connectivity index (χ0) is 16.7. The molecule has 0 bridgehead atoms. The van der Waals surface area contributed by atoms with E-state index >= 15 is 0 Å². The molecule has 0 spiro atoms. The largest absolute Gasteiger partial charge is 0.465 e. The third kappa shape index (κ3) is 5.51. The Kier molecular flexibility index (Phi) is 6.85. The standard InChI is InChI=1S/C16H20N2O3S2/c1-3-5-6-14(19)17-11-7-8-12-13(9-11)23-16(18-12)22-10-15(20)21-4-2/h7-9H,3-6,10H2,1-2H3,(H,17,19). The summed E-state index contributed by atoms with van der Waals surface area (Å²) in [5, 5.41) is 2.90. The summed E-state index contributed by atoms with van der Waals surface area (Å²) >= 11 is 2.88. The molecule has 1 amide bonds. The van der Waals surface area contributed by atoms with Crippen LogP contribution in [0.1, 0.15) is 33.1 Å². The van der Waals surface area contributed by atoms with Gasteiger partial charge in [0.05, 0.1) is 22.6 Å². The summed E-state index contributed by atoms with van der Waals surface area (Å²) in [5.41, 5.74) is 1.65. The van der Waals surface area contributed by atoms with Gasteiger partial charge in [-0.3, -0.25) is 9.59 Å². The fraction of sp³-hybridized carbons (Fsp3) is 0.438. The SMILES string of the molecule is CCCCC(=O)Nc1ccc2nc(SCC(=O)OCC)sc2c1. The molecule has 7 heteroatoms. The maximum Gasteiger partial charge on any atom is 0.316 e. The molecule has 0 unspecified atom stereocenters. The van der Waals surface area contributed by atoms with Crippen LogP contribution in [0.4, 0.5) is 5.69 Å². The Balaban J connectivity index is 2.00. The van der Waals surface area contributed by atoms with Crippen molar-refractivity contribution in [3.05, 3.63) is 18.2 Å². The fourth-order valence-electron chi connectivity index (χ4n) is 1.93. The fourth-order valence-corrected chi connectivity index (χ4v) is 3.83. The highest BCUT2D eigenvalue weighted by Crippen LogP contribution is 2.31. The van der Waals surface area contributed by atoms with Crippen molar-refractivity contribution >= 4 is 50.9 Å². The Bertz CT molecular complexity index is 685. The minimum atomic E-state index is -0.236. The molecule has 1 aromatic heterocycles. The Morgan fingerprint density at radius 2 is 2.17 bits per heavy atom. The minimum Gasteiger partial charge on any atom is -0.465 e. The number of amides is 1. The number of anilines is 1. The molecule has 5 nitrogen and oxygen atoms in total. The molecule has 23 heavy (non-hydrogen) atoms. The average Bonchev–Trinajstić information content (AvgIpc) is 2.93. The van der Waals surface area contributed by atoms with E-state index in [-0.39, 0.29) is 17.6 Å². The van der Waals surface area contributed by atoms with Crippen molar-refractivity contribution in [1.29, 1.82) is 0 Å². The number of nitrogens with one attached hydrogen (secondary N) is 1. The Morgan fingerprint density at radius 3 is 2.91 bits per heavy atom. The molecule has 0 aliphatic heterocycles. The van der Waals surface area contributed by atoms with Gasteiger partial charge in [0.1, 0.15) is 0 Å². The van der Waals surface area contributed by atoms with E-state index in [0.717, 1.165) is 33.1 Å². The highest BCUT2D eigenvalue weighted by atomic mass is 32.2. The summed E-state index contributed by atoms with van der Waals surface area (Å²) in [7, 11) is 0. The van der Waals surface area contributed by atoms with E-state index < -0.39 is 0 Å². The first-order valence-electron chi connectivity index (χ1n) is 7.61.